The molecule has 0 aromatic carbocycles. The van der Waals surface area contributed by atoms with Crippen LogP contribution in [0.4, 0.5) is 0 Å². The minimum atomic E-state index is -4.92. The maximum absolute atomic E-state index is 8.63. The standard InChI is InChI=1S/5H2O4S.V/c5*1-5(2,3)4;/h5*(H2,1,2,3,4);/q;;;;;+5/p-5. The zero-order chi connectivity index (χ0) is 22.5. The summed E-state index contributed by atoms with van der Waals surface area (Å²) in [7, 11) is -24.6. The summed E-state index contributed by atoms with van der Waals surface area (Å²) in [6.07, 6.45) is 0. The van der Waals surface area contributed by atoms with E-state index in [1.165, 1.54) is 0 Å². The van der Waals surface area contributed by atoms with Crippen LogP contribution in [0, 0.1) is 0 Å². The van der Waals surface area contributed by atoms with Crippen LogP contribution in [-0.4, -0.2) is 87.6 Å². The van der Waals surface area contributed by atoms with E-state index in [1.54, 1.807) is 0 Å². The van der Waals surface area contributed by atoms with Crippen molar-refractivity contribution in [2.24, 2.45) is 0 Å². The third kappa shape index (κ3) is 2930000. The van der Waals surface area contributed by atoms with Gasteiger partial charge >= 0.3 is 18.6 Å². The Balaban J connectivity index is -0.0000000476. The van der Waals surface area contributed by atoms with E-state index in [9.17, 15) is 0 Å². The zero-order valence-corrected chi connectivity index (χ0v) is 16.3. The van der Waals surface area contributed by atoms with E-state index in [0.717, 1.165) is 0 Å². The van der Waals surface area contributed by atoms with Crippen molar-refractivity contribution in [1.29, 1.82) is 0 Å². The molecule has 0 aliphatic carbocycles. The van der Waals surface area contributed by atoms with Crippen molar-refractivity contribution < 1.29 is 106 Å². The van der Waals surface area contributed by atoms with E-state index < -0.39 is 52.0 Å². The van der Waals surface area contributed by atoms with Crippen LogP contribution in [0.1, 0.15) is 0 Å². The number of hydrogen-bond acceptors (Lipinski definition) is 15. The van der Waals surface area contributed by atoms with Crippen LogP contribution in [0.25, 0.3) is 0 Å². The third-order valence-electron chi connectivity index (χ3n) is 0. The van der Waals surface area contributed by atoms with E-state index >= 15 is 0 Å². The first kappa shape index (κ1) is 40.6. The Kier molecular flexibility index (Phi) is 24.9. The maximum Gasteiger partial charge on any atom is 5.00 e. The molecule has 26 heteroatoms. The molecule has 160 valence electrons. The second kappa shape index (κ2) is 15.9. The van der Waals surface area contributed by atoms with Crippen molar-refractivity contribution in [3.8, 4) is 0 Å². The SMILES string of the molecule is O=S(=O)([O-])O.O=S(=O)([O-])O.O=S(=O)([O-])O.O=S(=O)([O-])O.O=S(=O)([O-])O.[V+5]. The first-order valence-corrected chi connectivity index (χ1v) is 10.2. The van der Waals surface area contributed by atoms with E-state index in [0.29, 0.717) is 0 Å². The predicted molar refractivity (Wildman–Crippen MR) is 61.6 cm³/mol. The van der Waals surface area contributed by atoms with Gasteiger partial charge in [-0.2, -0.15) is 0 Å². The molecule has 0 aliphatic heterocycles. The number of rotatable bonds is 0. The molecule has 26 heavy (non-hydrogen) atoms. The predicted octanol–water partition coefficient (Wildman–Crippen LogP) is -4.98. The normalized spacial score (nSPS) is 11.2. The van der Waals surface area contributed by atoms with Crippen LogP contribution < -0.4 is 0 Å². The van der Waals surface area contributed by atoms with E-state index in [2.05, 4.69) is 0 Å². The molecule has 0 unspecified atom stereocenters. The molecule has 0 atom stereocenters. The fourth-order valence-corrected chi connectivity index (χ4v) is 0. The molecule has 0 spiro atoms. The Labute approximate surface area is 158 Å². The van der Waals surface area contributed by atoms with Crippen LogP contribution in [-0.2, 0) is 70.6 Å². The fraction of sp³-hybridized carbons (Fsp3) is 0. The topological polar surface area (TPSA) is 387 Å². The van der Waals surface area contributed by atoms with Gasteiger partial charge in [-0.1, -0.05) is 0 Å². The molecule has 0 aromatic rings. The molecule has 0 bridgehead atoms. The monoisotopic (exact) mass is 536 g/mol. The van der Waals surface area contributed by atoms with Crippen molar-refractivity contribution in [3.05, 3.63) is 0 Å². The van der Waals surface area contributed by atoms with E-state index in [1.807, 2.05) is 0 Å². The Hall–Kier alpha value is -0.0656. The average Bonchev–Trinajstić information content (AvgIpc) is 1.79. The van der Waals surface area contributed by atoms with E-state index in [-0.39, 0.29) is 18.6 Å². The Morgan fingerprint density at radius 1 is 0.346 bits per heavy atom. The van der Waals surface area contributed by atoms with Gasteiger partial charge in [-0.05, 0) is 0 Å². The second-order valence-corrected chi connectivity index (χ2v) is 6.42. The quantitative estimate of drug-likeness (QED) is 0.143. The second-order valence-electron chi connectivity index (χ2n) is 2.14. The summed E-state index contributed by atoms with van der Waals surface area (Å²) >= 11 is 0. The van der Waals surface area contributed by atoms with Gasteiger partial charge < -0.3 is 22.8 Å². The average molecular weight is 536 g/mol. The van der Waals surface area contributed by atoms with Crippen LogP contribution >= 0.6 is 0 Å². The molecule has 0 radical (unpaired) electrons. The van der Waals surface area contributed by atoms with Crippen LogP contribution in [0.2, 0.25) is 0 Å². The van der Waals surface area contributed by atoms with Gasteiger partial charge in [0.25, 0.3) is 0 Å². The first-order valence-electron chi connectivity index (χ1n) is 3.41. The van der Waals surface area contributed by atoms with Gasteiger partial charge in [0.2, 0.25) is 52.0 Å². The molecule has 5 N–H and O–H groups in total. The zero-order valence-electron chi connectivity index (χ0n) is 10.8. The molecule has 0 aromatic heterocycles. The van der Waals surface area contributed by atoms with Gasteiger partial charge in [0.05, 0.1) is 0 Å². The molecule has 0 amide bonds. The molecular formula is H5O20S5V. The summed E-state index contributed by atoms with van der Waals surface area (Å²) in [4.78, 5) is 0. The van der Waals surface area contributed by atoms with Gasteiger partial charge in [0.1, 0.15) is 0 Å². The van der Waals surface area contributed by atoms with Gasteiger partial charge in [0.15, 0.2) is 0 Å². The third-order valence-corrected chi connectivity index (χ3v) is 0. The van der Waals surface area contributed by atoms with Crippen LogP contribution in [0.15, 0.2) is 0 Å². The van der Waals surface area contributed by atoms with Gasteiger partial charge in [-0.15, -0.1) is 0 Å². The summed E-state index contributed by atoms with van der Waals surface area (Å²) in [6, 6.07) is 0. The summed E-state index contributed by atoms with van der Waals surface area (Å²) in [6.45, 7) is 0. The Morgan fingerprint density at radius 3 is 0.346 bits per heavy atom. The molecule has 0 saturated carbocycles. The molecule has 0 rings (SSSR count). The maximum atomic E-state index is 8.63. The summed E-state index contributed by atoms with van der Waals surface area (Å²) in [5.74, 6) is 0. The Bertz CT molecular complexity index is 614. The minimum Gasteiger partial charge on any atom is -0.726 e. The van der Waals surface area contributed by atoms with E-state index in [4.69, 9.17) is 87.6 Å². The van der Waals surface area contributed by atoms with Crippen molar-refractivity contribution in [2.75, 3.05) is 0 Å². The van der Waals surface area contributed by atoms with Crippen molar-refractivity contribution >= 4 is 52.0 Å². The molecular weight excluding hydrogens is 531 g/mol. The smallest absolute Gasteiger partial charge is 0.726 e. The summed E-state index contributed by atoms with van der Waals surface area (Å²) in [5, 5.41) is 0. The molecule has 0 fully saturated rings. The first-order chi connectivity index (χ1) is 10.0. The van der Waals surface area contributed by atoms with Crippen molar-refractivity contribution in [2.45, 2.75) is 0 Å². The van der Waals surface area contributed by atoms with Crippen LogP contribution in [0.5, 0.6) is 0 Å². The van der Waals surface area contributed by atoms with Gasteiger partial charge in [-0.25, -0.2) is 42.1 Å². The Morgan fingerprint density at radius 2 is 0.346 bits per heavy atom. The molecule has 20 nitrogen and oxygen atoms in total. The van der Waals surface area contributed by atoms with Crippen molar-refractivity contribution in [3.63, 3.8) is 0 Å². The minimum absolute atomic E-state index is 0. The number of hydrogen-bond donors (Lipinski definition) is 5. The van der Waals surface area contributed by atoms with Gasteiger partial charge in [0, 0.05) is 0 Å². The summed E-state index contributed by atoms with van der Waals surface area (Å²) < 4.78 is 164. The van der Waals surface area contributed by atoms with Crippen molar-refractivity contribution in [1.82, 2.24) is 0 Å². The van der Waals surface area contributed by atoms with Crippen LogP contribution in [0.3, 0.4) is 0 Å². The molecule has 0 heterocycles. The summed E-state index contributed by atoms with van der Waals surface area (Å²) in [5.41, 5.74) is 0. The fourth-order valence-electron chi connectivity index (χ4n) is 0. The molecule has 0 aliphatic rings. The largest absolute Gasteiger partial charge is 5.00 e. The molecule has 0 saturated heterocycles. The van der Waals surface area contributed by atoms with Gasteiger partial charge in [-0.3, -0.25) is 22.8 Å².